The number of benzene rings is 2. The lowest BCUT2D eigenvalue weighted by molar-refractivity contribution is -0.116. The molecule has 0 saturated carbocycles. The molecule has 3 rings (SSSR count). The van der Waals surface area contributed by atoms with Gasteiger partial charge in [-0.2, -0.15) is 0 Å². The second-order valence-electron chi connectivity index (χ2n) is 5.54. The van der Waals surface area contributed by atoms with Crippen LogP contribution in [0.15, 0.2) is 59.7 Å². The van der Waals surface area contributed by atoms with Crippen molar-refractivity contribution >= 4 is 28.5 Å². The second kappa shape index (κ2) is 7.60. The third-order valence-electron chi connectivity index (χ3n) is 3.73. The van der Waals surface area contributed by atoms with Crippen LogP contribution in [0, 0.1) is 0 Å². The summed E-state index contributed by atoms with van der Waals surface area (Å²) < 4.78 is 6.16. The summed E-state index contributed by atoms with van der Waals surface area (Å²) in [7, 11) is 0. The van der Waals surface area contributed by atoms with E-state index in [4.69, 9.17) is 4.74 Å². The first-order valence-electron chi connectivity index (χ1n) is 8.09. The van der Waals surface area contributed by atoms with Gasteiger partial charge in [-0.25, -0.2) is 9.78 Å². The lowest BCUT2D eigenvalue weighted by Gasteiger charge is -2.08. The average Bonchev–Trinajstić information content (AvgIpc) is 2.65. The molecule has 1 heterocycles. The van der Waals surface area contributed by atoms with Gasteiger partial charge in [0, 0.05) is 5.69 Å². The molecule has 0 bridgehead atoms. The first-order chi connectivity index (χ1) is 12.6. The molecule has 0 aliphatic heterocycles. The highest BCUT2D eigenvalue weighted by Gasteiger charge is 2.10. The van der Waals surface area contributed by atoms with Gasteiger partial charge in [-0.15, -0.1) is 0 Å². The number of amides is 1. The van der Waals surface area contributed by atoms with Crippen LogP contribution in [0.25, 0.3) is 10.9 Å². The van der Waals surface area contributed by atoms with Crippen LogP contribution in [0.5, 0.6) is 0 Å². The van der Waals surface area contributed by atoms with E-state index in [1.807, 2.05) is 0 Å². The summed E-state index contributed by atoms with van der Waals surface area (Å²) >= 11 is 0. The largest absolute Gasteiger partial charge is 0.462 e. The van der Waals surface area contributed by atoms with Crippen molar-refractivity contribution in [3.8, 4) is 0 Å². The number of esters is 1. The normalized spacial score (nSPS) is 10.5. The fraction of sp³-hybridized carbons (Fsp3) is 0.158. The topological polar surface area (TPSA) is 90.3 Å². The van der Waals surface area contributed by atoms with Crippen LogP contribution in [0.4, 0.5) is 5.69 Å². The van der Waals surface area contributed by atoms with Gasteiger partial charge in [0.15, 0.2) is 0 Å². The smallest absolute Gasteiger partial charge is 0.338 e. The quantitative estimate of drug-likeness (QED) is 0.712. The van der Waals surface area contributed by atoms with E-state index in [1.54, 1.807) is 55.5 Å². The molecule has 0 radical (unpaired) electrons. The lowest BCUT2D eigenvalue weighted by Crippen LogP contribution is -2.27. The molecule has 0 aliphatic carbocycles. The van der Waals surface area contributed by atoms with E-state index in [-0.39, 0.29) is 18.0 Å². The van der Waals surface area contributed by atoms with Crippen LogP contribution in [-0.4, -0.2) is 28.0 Å². The Balaban J connectivity index is 1.70. The van der Waals surface area contributed by atoms with Gasteiger partial charge < -0.3 is 10.1 Å². The molecule has 1 N–H and O–H groups in total. The zero-order chi connectivity index (χ0) is 18.5. The minimum absolute atomic E-state index is 0.156. The van der Waals surface area contributed by atoms with Gasteiger partial charge in [-0.05, 0) is 43.3 Å². The van der Waals surface area contributed by atoms with Crippen LogP contribution in [0.2, 0.25) is 0 Å². The highest BCUT2D eigenvalue weighted by molar-refractivity contribution is 5.93. The Bertz CT molecular complexity index is 1010. The fourth-order valence-electron chi connectivity index (χ4n) is 2.48. The van der Waals surface area contributed by atoms with Crippen molar-refractivity contribution < 1.29 is 14.3 Å². The summed E-state index contributed by atoms with van der Waals surface area (Å²) in [5.74, 6) is -0.785. The van der Waals surface area contributed by atoms with Crippen molar-refractivity contribution in [3.05, 3.63) is 70.8 Å². The number of carbonyl (C=O) groups is 2. The van der Waals surface area contributed by atoms with Crippen molar-refractivity contribution in [3.63, 3.8) is 0 Å². The number of hydrogen-bond acceptors (Lipinski definition) is 5. The van der Waals surface area contributed by atoms with Crippen molar-refractivity contribution in [2.45, 2.75) is 13.5 Å². The van der Waals surface area contributed by atoms with E-state index in [1.165, 1.54) is 10.9 Å². The van der Waals surface area contributed by atoms with Crippen molar-refractivity contribution in [2.24, 2.45) is 0 Å². The highest BCUT2D eigenvalue weighted by atomic mass is 16.5. The maximum atomic E-state index is 12.4. The van der Waals surface area contributed by atoms with Gasteiger partial charge in [0.2, 0.25) is 5.91 Å². The Morgan fingerprint density at radius 2 is 1.85 bits per heavy atom. The number of para-hydroxylation sites is 1. The monoisotopic (exact) mass is 351 g/mol. The molecule has 26 heavy (non-hydrogen) atoms. The molecule has 0 aliphatic rings. The van der Waals surface area contributed by atoms with Crippen LogP contribution in [-0.2, 0) is 16.1 Å². The molecule has 132 valence electrons. The standard InChI is InChI=1S/C19H17N3O4/c1-2-26-19(25)13-7-9-14(10-8-13)21-17(23)11-22-12-20-16-6-4-3-5-15(16)18(22)24/h3-10,12H,2,11H2,1H3,(H,21,23). The minimum atomic E-state index is -0.417. The predicted molar refractivity (Wildman–Crippen MR) is 97.0 cm³/mol. The summed E-state index contributed by atoms with van der Waals surface area (Å²) in [5, 5.41) is 3.15. The Labute approximate surface area is 149 Å². The number of hydrogen-bond donors (Lipinski definition) is 1. The third-order valence-corrected chi connectivity index (χ3v) is 3.73. The lowest BCUT2D eigenvalue weighted by atomic mass is 10.2. The van der Waals surface area contributed by atoms with Gasteiger partial charge in [-0.3, -0.25) is 14.2 Å². The van der Waals surface area contributed by atoms with E-state index in [0.717, 1.165) is 0 Å². The Hall–Kier alpha value is -3.48. The maximum absolute atomic E-state index is 12.4. The molecule has 1 aromatic heterocycles. The molecule has 1 amide bonds. The average molecular weight is 351 g/mol. The Kier molecular flexibility index (Phi) is 5.07. The molecule has 2 aromatic carbocycles. The summed E-state index contributed by atoms with van der Waals surface area (Å²) in [6.45, 7) is 1.87. The summed E-state index contributed by atoms with van der Waals surface area (Å²) in [5.41, 5.74) is 1.23. The van der Waals surface area contributed by atoms with Gasteiger partial charge in [0.05, 0.1) is 29.4 Å². The molecular weight excluding hydrogens is 334 g/mol. The van der Waals surface area contributed by atoms with Crippen molar-refractivity contribution in [2.75, 3.05) is 11.9 Å². The molecule has 0 spiro atoms. The van der Waals surface area contributed by atoms with Gasteiger partial charge in [0.1, 0.15) is 6.54 Å². The maximum Gasteiger partial charge on any atom is 0.338 e. The summed E-state index contributed by atoms with van der Waals surface area (Å²) in [6.07, 6.45) is 1.36. The SMILES string of the molecule is CCOC(=O)c1ccc(NC(=O)Cn2cnc3ccccc3c2=O)cc1. The molecule has 0 saturated heterocycles. The first kappa shape index (κ1) is 17.3. The van der Waals surface area contributed by atoms with E-state index in [2.05, 4.69) is 10.3 Å². The number of fused-ring (bicyclic) bond motifs is 1. The summed E-state index contributed by atoms with van der Waals surface area (Å²) in [4.78, 5) is 40.4. The summed E-state index contributed by atoms with van der Waals surface area (Å²) in [6, 6.07) is 13.3. The first-order valence-corrected chi connectivity index (χ1v) is 8.09. The van der Waals surface area contributed by atoms with Crippen molar-refractivity contribution in [1.82, 2.24) is 9.55 Å². The second-order valence-corrected chi connectivity index (χ2v) is 5.54. The van der Waals surface area contributed by atoms with Crippen LogP contribution >= 0.6 is 0 Å². The number of rotatable bonds is 5. The van der Waals surface area contributed by atoms with Gasteiger partial charge >= 0.3 is 5.97 Å². The number of carbonyl (C=O) groups excluding carboxylic acids is 2. The third kappa shape index (κ3) is 3.77. The zero-order valence-electron chi connectivity index (χ0n) is 14.1. The number of ether oxygens (including phenoxy) is 1. The van der Waals surface area contributed by atoms with Crippen molar-refractivity contribution in [1.29, 1.82) is 0 Å². The number of nitrogens with one attached hydrogen (secondary N) is 1. The predicted octanol–water partition coefficient (Wildman–Crippen LogP) is 2.21. The Morgan fingerprint density at radius 3 is 2.58 bits per heavy atom. The zero-order valence-corrected chi connectivity index (χ0v) is 14.1. The van der Waals surface area contributed by atoms with Gasteiger partial charge in [0.25, 0.3) is 5.56 Å². The van der Waals surface area contributed by atoms with Crippen LogP contribution in [0.1, 0.15) is 17.3 Å². The molecule has 0 atom stereocenters. The molecule has 7 heteroatoms. The molecule has 0 unspecified atom stereocenters. The number of aromatic nitrogens is 2. The number of anilines is 1. The van der Waals surface area contributed by atoms with E-state index in [0.29, 0.717) is 28.8 Å². The van der Waals surface area contributed by atoms with Gasteiger partial charge in [-0.1, -0.05) is 12.1 Å². The molecule has 3 aromatic rings. The van der Waals surface area contributed by atoms with Crippen LogP contribution < -0.4 is 10.9 Å². The molecule has 7 nitrogen and oxygen atoms in total. The fourth-order valence-corrected chi connectivity index (χ4v) is 2.48. The highest BCUT2D eigenvalue weighted by Crippen LogP contribution is 2.11. The molecular formula is C19H17N3O4. The van der Waals surface area contributed by atoms with Crippen LogP contribution in [0.3, 0.4) is 0 Å². The molecule has 0 fully saturated rings. The van der Waals surface area contributed by atoms with E-state index >= 15 is 0 Å². The Morgan fingerprint density at radius 1 is 1.12 bits per heavy atom. The number of nitrogens with zero attached hydrogens (tertiary/aromatic N) is 2. The van der Waals surface area contributed by atoms with E-state index < -0.39 is 5.97 Å². The minimum Gasteiger partial charge on any atom is -0.462 e. The van der Waals surface area contributed by atoms with E-state index in [9.17, 15) is 14.4 Å².